The second kappa shape index (κ2) is 10.3. The van der Waals surface area contributed by atoms with Gasteiger partial charge in [-0.3, -0.25) is 0 Å². The van der Waals surface area contributed by atoms with Crippen molar-refractivity contribution in [1.82, 2.24) is 0 Å². The minimum absolute atomic E-state index is 0.0796. The zero-order valence-electron chi connectivity index (χ0n) is 18.6. The van der Waals surface area contributed by atoms with Crippen molar-refractivity contribution in [2.24, 2.45) is 4.99 Å². The van der Waals surface area contributed by atoms with Crippen LogP contribution in [0.1, 0.15) is 63.6 Å². The van der Waals surface area contributed by atoms with Crippen LogP contribution in [0.4, 0.5) is 0 Å². The molecule has 0 spiro atoms. The third kappa shape index (κ3) is 5.67. The summed E-state index contributed by atoms with van der Waals surface area (Å²) < 4.78 is 18.2. The van der Waals surface area contributed by atoms with Crippen molar-refractivity contribution in [3.63, 3.8) is 0 Å². The first-order chi connectivity index (χ1) is 14.8. The predicted molar refractivity (Wildman–Crippen MR) is 132 cm³/mol. The Morgan fingerprint density at radius 2 is 1.84 bits per heavy atom. The number of esters is 1. The fourth-order valence-corrected chi connectivity index (χ4v) is 3.79. The largest absolute Gasteiger partial charge is 0.490 e. The molecule has 6 heteroatoms. The number of ether oxygens (including phenoxy) is 3. The minimum atomic E-state index is -0.462. The van der Waals surface area contributed by atoms with Crippen LogP contribution < -0.4 is 9.47 Å². The number of rotatable bonds is 8. The van der Waals surface area contributed by atoms with Crippen LogP contribution in [0.15, 0.2) is 47.1 Å². The van der Waals surface area contributed by atoms with E-state index in [1.165, 1.54) is 5.56 Å². The van der Waals surface area contributed by atoms with Gasteiger partial charge in [-0.05, 0) is 90.2 Å². The molecule has 1 atom stereocenters. The first-order valence-electron chi connectivity index (χ1n) is 10.6. The maximum atomic E-state index is 12.4. The van der Waals surface area contributed by atoms with Gasteiger partial charge >= 0.3 is 5.97 Å². The molecular weight excluding hydrogens is 505 g/mol. The van der Waals surface area contributed by atoms with E-state index in [1.54, 1.807) is 6.08 Å². The molecule has 164 valence electrons. The van der Waals surface area contributed by atoms with E-state index in [0.29, 0.717) is 24.2 Å². The van der Waals surface area contributed by atoms with Crippen molar-refractivity contribution in [3.05, 3.63) is 62.4 Å². The van der Waals surface area contributed by atoms with Crippen molar-refractivity contribution in [3.8, 4) is 11.5 Å². The SMILES string of the molecule is CCOc1cc(/C=C2\N=C(c3ccc(C(C)C)cc3)OC2=O)cc(I)c1OC(C)CC. The fraction of sp³-hybridized carbons (Fsp3) is 0.360. The van der Waals surface area contributed by atoms with Gasteiger partial charge in [-0.15, -0.1) is 0 Å². The zero-order chi connectivity index (χ0) is 22.5. The van der Waals surface area contributed by atoms with E-state index in [9.17, 15) is 4.79 Å². The van der Waals surface area contributed by atoms with Crippen LogP contribution in [0.5, 0.6) is 11.5 Å². The molecule has 0 aromatic heterocycles. The van der Waals surface area contributed by atoms with E-state index in [-0.39, 0.29) is 11.8 Å². The number of hydrogen-bond acceptors (Lipinski definition) is 5. The Morgan fingerprint density at radius 1 is 1.13 bits per heavy atom. The molecule has 2 aromatic carbocycles. The van der Waals surface area contributed by atoms with Gasteiger partial charge in [0.1, 0.15) is 0 Å². The summed E-state index contributed by atoms with van der Waals surface area (Å²) >= 11 is 2.23. The lowest BCUT2D eigenvalue weighted by molar-refractivity contribution is -0.129. The van der Waals surface area contributed by atoms with Crippen LogP contribution in [-0.4, -0.2) is 24.6 Å². The van der Waals surface area contributed by atoms with Gasteiger partial charge in [0.05, 0.1) is 16.3 Å². The number of halogens is 1. The van der Waals surface area contributed by atoms with E-state index in [4.69, 9.17) is 14.2 Å². The molecule has 3 rings (SSSR count). The van der Waals surface area contributed by atoms with E-state index in [2.05, 4.69) is 48.4 Å². The smallest absolute Gasteiger partial charge is 0.363 e. The lowest BCUT2D eigenvalue weighted by Crippen LogP contribution is -2.12. The summed E-state index contributed by atoms with van der Waals surface area (Å²) in [4.78, 5) is 16.9. The van der Waals surface area contributed by atoms with Crippen LogP contribution >= 0.6 is 22.6 Å². The topological polar surface area (TPSA) is 57.1 Å². The number of benzene rings is 2. The highest BCUT2D eigenvalue weighted by molar-refractivity contribution is 14.1. The van der Waals surface area contributed by atoms with Gasteiger partial charge < -0.3 is 14.2 Å². The van der Waals surface area contributed by atoms with Crippen molar-refractivity contribution < 1.29 is 19.0 Å². The van der Waals surface area contributed by atoms with Crippen molar-refractivity contribution in [2.75, 3.05) is 6.61 Å². The van der Waals surface area contributed by atoms with Crippen molar-refractivity contribution in [2.45, 2.75) is 53.1 Å². The molecule has 2 aromatic rings. The summed E-state index contributed by atoms with van der Waals surface area (Å²) in [6.07, 6.45) is 2.70. The Kier molecular flexibility index (Phi) is 7.75. The first kappa shape index (κ1) is 23.3. The van der Waals surface area contributed by atoms with Crippen LogP contribution in [0, 0.1) is 3.57 Å². The maximum absolute atomic E-state index is 12.4. The molecule has 0 amide bonds. The summed E-state index contributed by atoms with van der Waals surface area (Å²) in [5.74, 6) is 1.68. The number of carbonyl (C=O) groups is 1. The van der Waals surface area contributed by atoms with Gasteiger partial charge in [0.25, 0.3) is 0 Å². The molecule has 1 heterocycles. The standard InChI is InChI=1S/C25H28INO4/c1-6-16(5)30-23-20(26)12-17(14-22(23)29-7-2)13-21-25(28)31-24(27-21)19-10-8-18(9-11-19)15(3)4/h8-16H,6-7H2,1-5H3/b21-13-. The van der Waals surface area contributed by atoms with E-state index in [1.807, 2.05) is 50.2 Å². The minimum Gasteiger partial charge on any atom is -0.490 e. The summed E-state index contributed by atoms with van der Waals surface area (Å²) in [5.41, 5.74) is 3.07. The molecule has 31 heavy (non-hydrogen) atoms. The molecular formula is C25H28INO4. The van der Waals surface area contributed by atoms with Crippen molar-refractivity contribution >= 4 is 40.5 Å². The van der Waals surface area contributed by atoms with E-state index >= 15 is 0 Å². The average Bonchev–Trinajstić information content (AvgIpc) is 3.10. The molecule has 1 unspecified atom stereocenters. The molecule has 0 fully saturated rings. The van der Waals surface area contributed by atoms with Crippen LogP contribution in [0.3, 0.4) is 0 Å². The average molecular weight is 533 g/mol. The van der Waals surface area contributed by atoms with Crippen LogP contribution in [0.25, 0.3) is 6.08 Å². The van der Waals surface area contributed by atoms with Gasteiger partial charge in [-0.25, -0.2) is 9.79 Å². The molecule has 0 saturated heterocycles. The highest BCUT2D eigenvalue weighted by Crippen LogP contribution is 2.36. The van der Waals surface area contributed by atoms with Gasteiger partial charge in [-0.1, -0.05) is 32.9 Å². The first-order valence-corrected chi connectivity index (χ1v) is 11.7. The molecule has 0 radical (unpaired) electrons. The van der Waals surface area contributed by atoms with Gasteiger partial charge in [0, 0.05) is 5.56 Å². The number of nitrogens with zero attached hydrogens (tertiary/aromatic N) is 1. The quantitative estimate of drug-likeness (QED) is 0.226. The van der Waals surface area contributed by atoms with Gasteiger partial charge in [0.2, 0.25) is 5.90 Å². The van der Waals surface area contributed by atoms with E-state index < -0.39 is 5.97 Å². The fourth-order valence-electron chi connectivity index (χ4n) is 3.03. The summed E-state index contributed by atoms with van der Waals surface area (Å²) in [7, 11) is 0. The molecule has 1 aliphatic heterocycles. The number of carbonyl (C=O) groups excluding carboxylic acids is 1. The highest BCUT2D eigenvalue weighted by atomic mass is 127. The third-order valence-corrected chi connectivity index (χ3v) is 5.78. The molecule has 0 aliphatic carbocycles. The maximum Gasteiger partial charge on any atom is 0.363 e. The molecule has 0 bridgehead atoms. The molecule has 0 N–H and O–H groups in total. The van der Waals surface area contributed by atoms with Crippen molar-refractivity contribution in [1.29, 1.82) is 0 Å². The third-order valence-electron chi connectivity index (χ3n) is 4.97. The zero-order valence-corrected chi connectivity index (χ0v) is 20.7. The second-order valence-electron chi connectivity index (χ2n) is 7.71. The Hall–Kier alpha value is -2.35. The van der Waals surface area contributed by atoms with Gasteiger partial charge in [-0.2, -0.15) is 0 Å². The Balaban J connectivity index is 1.92. The Bertz CT molecular complexity index is 1010. The Morgan fingerprint density at radius 3 is 2.45 bits per heavy atom. The summed E-state index contributed by atoms with van der Waals surface area (Å²) in [6, 6.07) is 11.7. The van der Waals surface area contributed by atoms with Crippen LogP contribution in [-0.2, 0) is 9.53 Å². The lowest BCUT2D eigenvalue weighted by Gasteiger charge is -2.18. The lowest BCUT2D eigenvalue weighted by atomic mass is 10.0. The van der Waals surface area contributed by atoms with E-state index in [0.717, 1.165) is 26.9 Å². The molecule has 5 nitrogen and oxygen atoms in total. The van der Waals surface area contributed by atoms with Crippen LogP contribution in [0.2, 0.25) is 0 Å². The summed E-state index contributed by atoms with van der Waals surface area (Å²) in [5, 5.41) is 0. The predicted octanol–water partition coefficient (Wildman–Crippen LogP) is 6.34. The highest BCUT2D eigenvalue weighted by Gasteiger charge is 2.25. The monoisotopic (exact) mass is 533 g/mol. The number of cyclic esters (lactones) is 1. The Labute approximate surface area is 197 Å². The normalized spacial score (nSPS) is 15.8. The number of aliphatic imine (C=N–C) groups is 1. The second-order valence-corrected chi connectivity index (χ2v) is 8.87. The van der Waals surface area contributed by atoms with Gasteiger partial charge in [0.15, 0.2) is 17.2 Å². The molecule has 1 aliphatic rings. The number of hydrogen-bond donors (Lipinski definition) is 0. The molecule has 0 saturated carbocycles. The summed E-state index contributed by atoms with van der Waals surface area (Å²) in [6.45, 7) is 10.8.